The second-order valence-corrected chi connectivity index (χ2v) is 5.15. The number of rotatable bonds is 6. The quantitative estimate of drug-likeness (QED) is 0.241. The Kier molecular flexibility index (Phi) is 7.61. The molecule has 0 spiro atoms. The van der Waals surface area contributed by atoms with E-state index in [1.165, 1.54) is 0 Å². The van der Waals surface area contributed by atoms with Crippen LogP contribution in [-0.4, -0.2) is 57.6 Å². The number of aliphatic hydroxyl groups excluding tert-OH is 3. The summed E-state index contributed by atoms with van der Waals surface area (Å²) in [6, 6.07) is 0. The molecule has 128 valence electrons. The Balaban J connectivity index is 2.64. The van der Waals surface area contributed by atoms with Gasteiger partial charge in [0.05, 0.1) is 6.10 Å². The highest BCUT2D eigenvalue weighted by Crippen LogP contribution is 2.23. The number of hydrogen-bond donors (Lipinski definition) is 4. The van der Waals surface area contributed by atoms with Crippen LogP contribution in [0.15, 0.2) is 36.0 Å². The molecule has 7 heteroatoms. The molecule has 1 heterocycles. The van der Waals surface area contributed by atoms with E-state index in [0.717, 1.165) is 5.57 Å². The van der Waals surface area contributed by atoms with E-state index < -0.39 is 37.0 Å². The van der Waals surface area contributed by atoms with E-state index in [9.17, 15) is 15.3 Å². The van der Waals surface area contributed by atoms with E-state index in [2.05, 4.69) is 17.4 Å². The molecular weight excluding hydrogens is 304 g/mol. The molecule has 4 N–H and O–H groups in total. The first-order valence-electron chi connectivity index (χ1n) is 6.98. The van der Waals surface area contributed by atoms with Crippen LogP contribution in [0.25, 0.3) is 0 Å². The second kappa shape index (κ2) is 8.96. The SMILES string of the molecule is C#CC(=C)/C(C)=C/C=C\C(C)OC1OC(OO)C(O)C(O)C1O. The molecule has 0 saturated carbocycles. The largest absolute Gasteiger partial charge is 0.387 e. The molecule has 0 amide bonds. The minimum absolute atomic E-state index is 0.500. The van der Waals surface area contributed by atoms with Gasteiger partial charge in [-0.3, -0.25) is 0 Å². The molecule has 1 saturated heterocycles. The summed E-state index contributed by atoms with van der Waals surface area (Å²) in [7, 11) is 0. The summed E-state index contributed by atoms with van der Waals surface area (Å²) in [5, 5.41) is 37.6. The van der Waals surface area contributed by atoms with Crippen LogP contribution in [0.3, 0.4) is 0 Å². The van der Waals surface area contributed by atoms with Crippen LogP contribution < -0.4 is 0 Å². The smallest absolute Gasteiger partial charge is 0.222 e. The van der Waals surface area contributed by atoms with Crippen molar-refractivity contribution in [2.45, 2.75) is 50.8 Å². The molecule has 7 nitrogen and oxygen atoms in total. The summed E-state index contributed by atoms with van der Waals surface area (Å²) in [4.78, 5) is 3.91. The van der Waals surface area contributed by atoms with Crippen LogP contribution in [0.2, 0.25) is 0 Å². The van der Waals surface area contributed by atoms with Crippen molar-refractivity contribution in [1.29, 1.82) is 0 Å². The molecule has 6 unspecified atom stereocenters. The summed E-state index contributed by atoms with van der Waals surface area (Å²) < 4.78 is 10.4. The van der Waals surface area contributed by atoms with Crippen molar-refractivity contribution in [3.05, 3.63) is 36.0 Å². The molecule has 6 atom stereocenters. The average Bonchev–Trinajstić information content (AvgIpc) is 2.54. The summed E-state index contributed by atoms with van der Waals surface area (Å²) in [6.07, 6.45) is 2.37. The highest BCUT2D eigenvalue weighted by molar-refractivity contribution is 5.41. The lowest BCUT2D eigenvalue weighted by Crippen LogP contribution is -2.59. The van der Waals surface area contributed by atoms with Gasteiger partial charge in [-0.1, -0.05) is 30.7 Å². The van der Waals surface area contributed by atoms with Crippen LogP contribution >= 0.6 is 0 Å². The first-order valence-corrected chi connectivity index (χ1v) is 6.98. The molecule has 1 aliphatic heterocycles. The highest BCUT2D eigenvalue weighted by atomic mass is 17.1. The maximum absolute atomic E-state index is 9.82. The van der Waals surface area contributed by atoms with E-state index in [1.54, 1.807) is 25.2 Å². The molecule has 1 fully saturated rings. The van der Waals surface area contributed by atoms with Gasteiger partial charge in [0.1, 0.15) is 18.3 Å². The molecule has 23 heavy (non-hydrogen) atoms. The van der Waals surface area contributed by atoms with Gasteiger partial charge in [-0.2, -0.15) is 0 Å². The van der Waals surface area contributed by atoms with Gasteiger partial charge in [0.15, 0.2) is 6.29 Å². The third kappa shape index (κ3) is 5.27. The zero-order chi connectivity index (χ0) is 17.6. The zero-order valence-corrected chi connectivity index (χ0v) is 13.0. The molecule has 0 bridgehead atoms. The number of hydrogen-bond acceptors (Lipinski definition) is 7. The van der Waals surface area contributed by atoms with Crippen molar-refractivity contribution >= 4 is 0 Å². The lowest BCUT2D eigenvalue weighted by molar-refractivity contribution is -0.429. The standard InChI is InChI=1S/C16H22O7/c1-5-9(2)10(3)7-6-8-11(4)21-15-13(18)12(17)14(19)16(22-15)23-20/h1,6-8,11-20H,2H2,3-4H3/b8-6-,10-7+. The van der Waals surface area contributed by atoms with Crippen LogP contribution in [0.1, 0.15) is 13.8 Å². The van der Waals surface area contributed by atoms with E-state index in [0.29, 0.717) is 5.57 Å². The Labute approximate surface area is 135 Å². The van der Waals surface area contributed by atoms with Gasteiger partial charge in [-0.15, -0.1) is 6.42 Å². The number of allylic oxidation sites excluding steroid dienone is 4. The fourth-order valence-corrected chi connectivity index (χ4v) is 1.84. The number of aliphatic hydroxyl groups is 3. The van der Waals surface area contributed by atoms with Gasteiger partial charge >= 0.3 is 0 Å². The molecule has 1 rings (SSSR count). The van der Waals surface area contributed by atoms with Crippen molar-refractivity contribution < 1.29 is 34.9 Å². The molecule has 0 aromatic heterocycles. The third-order valence-electron chi connectivity index (χ3n) is 3.36. The molecule has 0 aromatic rings. The lowest BCUT2D eigenvalue weighted by atomic mass is 10.0. The predicted octanol–water partition coefficient (Wildman–Crippen LogP) is 0.338. The Hall–Kier alpha value is -1.50. The predicted molar refractivity (Wildman–Crippen MR) is 81.8 cm³/mol. The van der Waals surface area contributed by atoms with E-state index in [1.807, 2.05) is 6.92 Å². The maximum atomic E-state index is 9.82. The fourth-order valence-electron chi connectivity index (χ4n) is 1.84. The summed E-state index contributed by atoms with van der Waals surface area (Å²) in [5.41, 5.74) is 1.38. The van der Waals surface area contributed by atoms with Gasteiger partial charge in [0, 0.05) is 5.57 Å². The van der Waals surface area contributed by atoms with E-state index in [4.69, 9.17) is 21.2 Å². The van der Waals surface area contributed by atoms with Crippen LogP contribution in [0, 0.1) is 12.3 Å². The highest BCUT2D eigenvalue weighted by Gasteiger charge is 2.45. The Morgan fingerprint density at radius 3 is 2.43 bits per heavy atom. The third-order valence-corrected chi connectivity index (χ3v) is 3.36. The van der Waals surface area contributed by atoms with Crippen molar-refractivity contribution in [2.24, 2.45) is 0 Å². The van der Waals surface area contributed by atoms with Crippen molar-refractivity contribution in [3.8, 4) is 12.3 Å². The topological polar surface area (TPSA) is 109 Å². The Bertz CT molecular complexity index is 503. The zero-order valence-electron chi connectivity index (χ0n) is 13.0. The summed E-state index contributed by atoms with van der Waals surface area (Å²) >= 11 is 0. The van der Waals surface area contributed by atoms with E-state index in [-0.39, 0.29) is 0 Å². The van der Waals surface area contributed by atoms with Crippen molar-refractivity contribution in [2.75, 3.05) is 0 Å². The maximum Gasteiger partial charge on any atom is 0.222 e. The molecular formula is C16H22O7. The van der Waals surface area contributed by atoms with Crippen molar-refractivity contribution in [3.63, 3.8) is 0 Å². The number of terminal acetylenes is 1. The Morgan fingerprint density at radius 1 is 1.26 bits per heavy atom. The van der Waals surface area contributed by atoms with Gasteiger partial charge in [-0.05, 0) is 19.4 Å². The summed E-state index contributed by atoms with van der Waals surface area (Å²) in [6.45, 7) is 7.19. The lowest BCUT2D eigenvalue weighted by Gasteiger charge is -2.39. The first-order chi connectivity index (χ1) is 10.8. The fraction of sp³-hybridized carbons (Fsp3) is 0.500. The Morgan fingerprint density at radius 2 is 1.87 bits per heavy atom. The van der Waals surface area contributed by atoms with E-state index >= 15 is 0 Å². The van der Waals surface area contributed by atoms with Gasteiger partial charge in [0.2, 0.25) is 6.29 Å². The van der Waals surface area contributed by atoms with Gasteiger partial charge in [0.25, 0.3) is 0 Å². The minimum Gasteiger partial charge on any atom is -0.387 e. The second-order valence-electron chi connectivity index (χ2n) is 5.15. The monoisotopic (exact) mass is 326 g/mol. The van der Waals surface area contributed by atoms with Crippen LogP contribution in [0.5, 0.6) is 0 Å². The molecule has 0 aromatic carbocycles. The molecule has 1 aliphatic rings. The average molecular weight is 326 g/mol. The normalized spacial score (nSPS) is 33.4. The van der Waals surface area contributed by atoms with Crippen LogP contribution in [-0.2, 0) is 14.4 Å². The summed E-state index contributed by atoms with van der Waals surface area (Å²) in [5.74, 6) is 2.42. The number of ether oxygens (including phenoxy) is 2. The van der Waals surface area contributed by atoms with Crippen molar-refractivity contribution in [1.82, 2.24) is 0 Å². The first kappa shape index (κ1) is 19.5. The molecule has 0 radical (unpaired) electrons. The van der Waals surface area contributed by atoms with Gasteiger partial charge < -0.3 is 24.8 Å². The van der Waals surface area contributed by atoms with Crippen LogP contribution in [0.4, 0.5) is 0 Å². The molecule has 0 aliphatic carbocycles. The van der Waals surface area contributed by atoms with Gasteiger partial charge in [-0.25, -0.2) is 10.1 Å². The minimum atomic E-state index is -1.60.